The maximum Gasteiger partial charge on any atom is 0.267 e. The third-order valence-electron chi connectivity index (χ3n) is 2.48. The van der Waals surface area contributed by atoms with Gasteiger partial charge in [-0.1, -0.05) is 25.5 Å². The number of imide groups is 1. The summed E-state index contributed by atoms with van der Waals surface area (Å²) in [7, 11) is 0. The number of carbonyl (C=O) groups is 2. The molecule has 0 saturated carbocycles. The Morgan fingerprint density at radius 2 is 2.06 bits per heavy atom. The van der Waals surface area contributed by atoms with Crippen molar-refractivity contribution in [3.63, 3.8) is 0 Å². The van der Waals surface area contributed by atoms with Crippen LogP contribution < -0.4 is 10.1 Å². The van der Waals surface area contributed by atoms with Gasteiger partial charge in [0.1, 0.15) is 5.75 Å². The summed E-state index contributed by atoms with van der Waals surface area (Å²) in [6.45, 7) is 1.97. The first kappa shape index (κ1) is 10.7. The smallest absolute Gasteiger partial charge is 0.267 e. The van der Waals surface area contributed by atoms with E-state index in [1.54, 1.807) is 24.3 Å². The number of ether oxygens (including phenoxy) is 1. The molecule has 1 unspecified atom stereocenters. The van der Waals surface area contributed by atoms with Gasteiger partial charge in [0.05, 0.1) is 5.56 Å². The first-order valence-corrected chi connectivity index (χ1v) is 5.33. The molecule has 1 aliphatic heterocycles. The largest absolute Gasteiger partial charge is 0.480 e. The predicted molar refractivity (Wildman–Crippen MR) is 58.2 cm³/mol. The fourth-order valence-electron chi connectivity index (χ4n) is 1.68. The Labute approximate surface area is 93.6 Å². The van der Waals surface area contributed by atoms with Gasteiger partial charge >= 0.3 is 0 Å². The Balaban J connectivity index is 2.35. The zero-order valence-corrected chi connectivity index (χ0v) is 9.03. The fraction of sp³-hybridized carbons (Fsp3) is 0.333. The number of para-hydroxylation sites is 1. The Kier molecular flexibility index (Phi) is 2.90. The van der Waals surface area contributed by atoms with Crippen molar-refractivity contribution in [2.45, 2.75) is 25.9 Å². The van der Waals surface area contributed by atoms with Gasteiger partial charge in [-0.3, -0.25) is 14.9 Å². The summed E-state index contributed by atoms with van der Waals surface area (Å²) in [6.07, 6.45) is 0.861. The highest BCUT2D eigenvalue weighted by molar-refractivity contribution is 6.08. The Bertz CT molecular complexity index is 428. The highest BCUT2D eigenvalue weighted by Gasteiger charge is 2.28. The molecule has 16 heavy (non-hydrogen) atoms. The van der Waals surface area contributed by atoms with Crippen LogP contribution in [-0.4, -0.2) is 17.9 Å². The van der Waals surface area contributed by atoms with Crippen LogP contribution in [0.25, 0.3) is 0 Å². The summed E-state index contributed by atoms with van der Waals surface area (Å²) in [5, 5.41) is 2.33. The maximum absolute atomic E-state index is 11.7. The van der Waals surface area contributed by atoms with Crippen molar-refractivity contribution in [3.8, 4) is 5.75 Å². The van der Waals surface area contributed by atoms with Crippen molar-refractivity contribution >= 4 is 11.8 Å². The second-order valence-electron chi connectivity index (χ2n) is 3.71. The molecule has 0 aliphatic carbocycles. The molecular formula is C12H13NO3. The minimum absolute atomic E-state index is 0.358. The second-order valence-corrected chi connectivity index (χ2v) is 3.71. The fourth-order valence-corrected chi connectivity index (χ4v) is 1.68. The van der Waals surface area contributed by atoms with Crippen LogP contribution in [0.15, 0.2) is 24.3 Å². The van der Waals surface area contributed by atoms with E-state index >= 15 is 0 Å². The maximum atomic E-state index is 11.7. The average Bonchev–Trinajstić information content (AvgIpc) is 2.39. The Morgan fingerprint density at radius 3 is 2.81 bits per heavy atom. The average molecular weight is 219 g/mol. The first-order valence-electron chi connectivity index (χ1n) is 5.33. The number of hydrogen-bond donors (Lipinski definition) is 1. The third-order valence-corrected chi connectivity index (χ3v) is 2.48. The molecule has 0 fully saturated rings. The topological polar surface area (TPSA) is 55.4 Å². The van der Waals surface area contributed by atoms with Crippen LogP contribution in [0.1, 0.15) is 30.1 Å². The van der Waals surface area contributed by atoms with E-state index in [1.165, 1.54) is 0 Å². The Morgan fingerprint density at radius 1 is 1.31 bits per heavy atom. The molecule has 0 saturated heterocycles. The number of carbonyl (C=O) groups excluding carboxylic acids is 2. The molecule has 4 nitrogen and oxygen atoms in total. The molecule has 1 aliphatic rings. The molecule has 4 heteroatoms. The van der Waals surface area contributed by atoms with Gasteiger partial charge in [0.25, 0.3) is 11.8 Å². The van der Waals surface area contributed by atoms with E-state index in [1.807, 2.05) is 6.92 Å². The minimum Gasteiger partial charge on any atom is -0.480 e. The van der Waals surface area contributed by atoms with Crippen molar-refractivity contribution in [2.75, 3.05) is 0 Å². The van der Waals surface area contributed by atoms with E-state index in [0.717, 1.165) is 6.42 Å². The number of rotatable bonds is 2. The predicted octanol–water partition coefficient (Wildman–Crippen LogP) is 1.50. The lowest BCUT2D eigenvalue weighted by atomic mass is 10.2. The Hall–Kier alpha value is -1.84. The van der Waals surface area contributed by atoms with Crippen LogP contribution in [-0.2, 0) is 4.79 Å². The zero-order chi connectivity index (χ0) is 11.5. The summed E-state index contributed by atoms with van der Waals surface area (Å²) < 4.78 is 5.55. The second kappa shape index (κ2) is 4.35. The molecule has 0 bridgehead atoms. The lowest BCUT2D eigenvalue weighted by Gasteiger charge is -2.13. The van der Waals surface area contributed by atoms with E-state index in [4.69, 9.17) is 4.74 Å². The summed E-state index contributed by atoms with van der Waals surface area (Å²) in [5.41, 5.74) is 0.412. The molecule has 2 rings (SSSR count). The number of amides is 2. The molecule has 0 aromatic heterocycles. The van der Waals surface area contributed by atoms with Crippen molar-refractivity contribution < 1.29 is 14.3 Å². The van der Waals surface area contributed by atoms with Crippen LogP contribution in [0.3, 0.4) is 0 Å². The van der Waals surface area contributed by atoms with Gasteiger partial charge in [0, 0.05) is 0 Å². The molecule has 1 aromatic rings. The normalized spacial score (nSPS) is 19.4. The highest BCUT2D eigenvalue weighted by atomic mass is 16.5. The molecule has 1 N–H and O–H groups in total. The standard InChI is InChI=1S/C12H13NO3/c1-2-5-10-12(15)13-11(14)8-6-3-4-7-9(8)16-10/h3-4,6-7,10H,2,5H2,1H3,(H,13,14,15). The summed E-state index contributed by atoms with van der Waals surface area (Å²) in [4.78, 5) is 23.3. The van der Waals surface area contributed by atoms with Crippen LogP contribution in [0.5, 0.6) is 5.75 Å². The summed E-state index contributed by atoms with van der Waals surface area (Å²) in [6, 6.07) is 6.87. The lowest BCUT2D eigenvalue weighted by molar-refractivity contribution is -0.126. The van der Waals surface area contributed by atoms with E-state index in [9.17, 15) is 9.59 Å². The van der Waals surface area contributed by atoms with Gasteiger partial charge < -0.3 is 4.74 Å². The van der Waals surface area contributed by atoms with Gasteiger partial charge in [-0.05, 0) is 18.6 Å². The van der Waals surface area contributed by atoms with Crippen LogP contribution >= 0.6 is 0 Å². The van der Waals surface area contributed by atoms with E-state index in [0.29, 0.717) is 17.7 Å². The first-order chi connectivity index (χ1) is 7.72. The quantitative estimate of drug-likeness (QED) is 0.767. The van der Waals surface area contributed by atoms with E-state index < -0.39 is 6.10 Å². The van der Waals surface area contributed by atoms with Crippen LogP contribution in [0.4, 0.5) is 0 Å². The number of hydrogen-bond acceptors (Lipinski definition) is 3. The van der Waals surface area contributed by atoms with Crippen molar-refractivity contribution in [3.05, 3.63) is 29.8 Å². The molecule has 2 amide bonds. The van der Waals surface area contributed by atoms with Gasteiger partial charge in [-0.15, -0.1) is 0 Å². The van der Waals surface area contributed by atoms with E-state index in [2.05, 4.69) is 5.32 Å². The minimum atomic E-state index is -0.572. The molecule has 84 valence electrons. The van der Waals surface area contributed by atoms with Crippen molar-refractivity contribution in [1.82, 2.24) is 5.32 Å². The highest BCUT2D eigenvalue weighted by Crippen LogP contribution is 2.22. The summed E-state index contributed by atoms with van der Waals surface area (Å²) in [5.74, 6) is -0.272. The van der Waals surface area contributed by atoms with E-state index in [-0.39, 0.29) is 11.8 Å². The number of benzene rings is 1. The number of fused-ring (bicyclic) bond motifs is 1. The molecule has 0 spiro atoms. The number of nitrogens with one attached hydrogen (secondary N) is 1. The molecule has 1 atom stereocenters. The van der Waals surface area contributed by atoms with Gasteiger partial charge in [0.15, 0.2) is 6.10 Å². The monoisotopic (exact) mass is 219 g/mol. The van der Waals surface area contributed by atoms with Crippen molar-refractivity contribution in [2.24, 2.45) is 0 Å². The zero-order valence-electron chi connectivity index (χ0n) is 9.03. The lowest BCUT2D eigenvalue weighted by Crippen LogP contribution is -2.38. The molecular weight excluding hydrogens is 206 g/mol. The molecule has 1 heterocycles. The molecule has 0 radical (unpaired) electrons. The third kappa shape index (κ3) is 1.91. The van der Waals surface area contributed by atoms with Gasteiger partial charge in [-0.25, -0.2) is 0 Å². The van der Waals surface area contributed by atoms with Crippen molar-refractivity contribution in [1.29, 1.82) is 0 Å². The van der Waals surface area contributed by atoms with Gasteiger partial charge in [-0.2, -0.15) is 0 Å². The summed E-state index contributed by atoms with van der Waals surface area (Å²) >= 11 is 0. The van der Waals surface area contributed by atoms with Crippen LogP contribution in [0.2, 0.25) is 0 Å². The SMILES string of the molecule is CCCC1Oc2ccccc2C(=O)NC1=O. The molecule has 1 aromatic carbocycles. The van der Waals surface area contributed by atoms with Crippen LogP contribution in [0, 0.1) is 0 Å². The van der Waals surface area contributed by atoms with Gasteiger partial charge in [0.2, 0.25) is 0 Å².